The van der Waals surface area contributed by atoms with E-state index in [1.54, 1.807) is 23.1 Å². The van der Waals surface area contributed by atoms with Crippen molar-refractivity contribution in [2.24, 2.45) is 0 Å². The Kier molecular flexibility index (Phi) is 2.96. The zero-order valence-electron chi connectivity index (χ0n) is 12.0. The van der Waals surface area contributed by atoms with E-state index in [0.29, 0.717) is 13.1 Å². The van der Waals surface area contributed by atoms with Gasteiger partial charge < -0.3 is 9.47 Å². The van der Waals surface area contributed by atoms with E-state index >= 15 is 0 Å². The first kappa shape index (κ1) is 13.1. The molecule has 4 rings (SSSR count). The molecule has 0 saturated carbocycles. The third kappa shape index (κ3) is 1.99. The van der Waals surface area contributed by atoms with Gasteiger partial charge in [-0.3, -0.25) is 4.79 Å². The monoisotopic (exact) mass is 294 g/mol. The van der Waals surface area contributed by atoms with E-state index in [-0.39, 0.29) is 11.5 Å². The quantitative estimate of drug-likeness (QED) is 0.675. The topological polar surface area (TPSA) is 25.2 Å². The fraction of sp³-hybridized carbons (Fsp3) is 0.167. The number of para-hydroxylation sites is 1. The summed E-state index contributed by atoms with van der Waals surface area (Å²) in [6, 6.07) is 16.5. The second-order valence-corrected chi connectivity index (χ2v) is 5.55. The molecule has 3 aromatic rings. The van der Waals surface area contributed by atoms with Crippen LogP contribution in [0.3, 0.4) is 0 Å². The van der Waals surface area contributed by atoms with E-state index in [1.807, 2.05) is 12.1 Å². The molecular weight excluding hydrogens is 279 g/mol. The zero-order chi connectivity index (χ0) is 15.1. The first-order chi connectivity index (χ1) is 10.7. The van der Waals surface area contributed by atoms with Crippen LogP contribution >= 0.6 is 0 Å². The first-order valence-corrected chi connectivity index (χ1v) is 7.35. The third-order valence-corrected chi connectivity index (χ3v) is 4.23. The van der Waals surface area contributed by atoms with Crippen LogP contribution in [0, 0.1) is 5.82 Å². The van der Waals surface area contributed by atoms with Crippen LogP contribution in [0.5, 0.6) is 0 Å². The van der Waals surface area contributed by atoms with Gasteiger partial charge in [-0.15, -0.1) is 0 Å². The van der Waals surface area contributed by atoms with Crippen LogP contribution in [0.25, 0.3) is 10.9 Å². The minimum absolute atomic E-state index is 0.145. The van der Waals surface area contributed by atoms with Gasteiger partial charge >= 0.3 is 0 Å². The number of aromatic nitrogens is 1. The summed E-state index contributed by atoms with van der Waals surface area (Å²) in [4.78, 5) is 14.2. The van der Waals surface area contributed by atoms with Crippen molar-refractivity contribution in [2.75, 3.05) is 6.54 Å². The molecular formula is C18H15FN2O. The Morgan fingerprint density at radius 1 is 1.00 bits per heavy atom. The molecule has 1 amide bonds. The summed E-state index contributed by atoms with van der Waals surface area (Å²) in [5.74, 6) is -0.701. The zero-order valence-corrected chi connectivity index (χ0v) is 12.0. The number of fused-ring (bicyclic) bond motifs is 3. The average molecular weight is 294 g/mol. The van der Waals surface area contributed by atoms with Crippen molar-refractivity contribution in [1.82, 2.24) is 9.47 Å². The Hall–Kier alpha value is -2.62. The van der Waals surface area contributed by atoms with Gasteiger partial charge in [0.25, 0.3) is 5.91 Å². The second kappa shape index (κ2) is 4.98. The SMILES string of the molecule is O=C(c1ccccc1F)N1CCn2c(cc3ccccc32)C1. The van der Waals surface area contributed by atoms with Gasteiger partial charge in [-0.1, -0.05) is 30.3 Å². The predicted octanol–water partition coefficient (Wildman–Crippen LogP) is 3.44. The van der Waals surface area contributed by atoms with Crippen LogP contribution in [0.4, 0.5) is 4.39 Å². The fourth-order valence-corrected chi connectivity index (χ4v) is 3.14. The lowest BCUT2D eigenvalue weighted by Gasteiger charge is -2.29. The summed E-state index contributed by atoms with van der Waals surface area (Å²) in [5.41, 5.74) is 2.43. The van der Waals surface area contributed by atoms with E-state index in [2.05, 4.69) is 22.8 Å². The smallest absolute Gasteiger partial charge is 0.257 e. The molecule has 0 saturated heterocycles. The molecule has 4 heteroatoms. The number of carbonyl (C=O) groups excluding carboxylic acids is 1. The van der Waals surface area contributed by atoms with Crippen molar-refractivity contribution in [3.63, 3.8) is 0 Å². The minimum Gasteiger partial charge on any atom is -0.341 e. The number of halogens is 1. The Morgan fingerprint density at radius 2 is 1.77 bits per heavy atom. The lowest BCUT2D eigenvalue weighted by molar-refractivity contribution is 0.0708. The molecule has 0 bridgehead atoms. The van der Waals surface area contributed by atoms with Crippen LogP contribution in [0.15, 0.2) is 54.6 Å². The Labute approximate surface area is 127 Å². The number of nitrogens with zero attached hydrogens (tertiary/aromatic N) is 2. The van der Waals surface area contributed by atoms with Gasteiger partial charge in [0.15, 0.2) is 0 Å². The fourth-order valence-electron chi connectivity index (χ4n) is 3.14. The van der Waals surface area contributed by atoms with Crippen LogP contribution < -0.4 is 0 Å². The molecule has 0 radical (unpaired) electrons. The molecule has 1 aliphatic heterocycles. The highest BCUT2D eigenvalue weighted by molar-refractivity contribution is 5.94. The third-order valence-electron chi connectivity index (χ3n) is 4.23. The number of benzene rings is 2. The highest BCUT2D eigenvalue weighted by Gasteiger charge is 2.24. The molecule has 3 nitrogen and oxygen atoms in total. The second-order valence-electron chi connectivity index (χ2n) is 5.55. The van der Waals surface area contributed by atoms with Crippen LogP contribution in [0.2, 0.25) is 0 Å². The van der Waals surface area contributed by atoms with Crippen molar-refractivity contribution in [3.8, 4) is 0 Å². The number of carbonyl (C=O) groups is 1. The minimum atomic E-state index is -0.460. The molecule has 0 unspecified atom stereocenters. The summed E-state index contributed by atoms with van der Waals surface area (Å²) in [7, 11) is 0. The van der Waals surface area contributed by atoms with E-state index in [0.717, 1.165) is 12.2 Å². The molecule has 0 N–H and O–H groups in total. The van der Waals surface area contributed by atoms with Crippen molar-refractivity contribution in [2.45, 2.75) is 13.1 Å². The molecule has 2 heterocycles. The largest absolute Gasteiger partial charge is 0.341 e. The average Bonchev–Trinajstić information content (AvgIpc) is 2.92. The van der Waals surface area contributed by atoms with E-state index in [1.165, 1.54) is 17.0 Å². The standard InChI is InChI=1S/C18H15FN2O/c19-16-7-3-2-6-15(16)18(22)20-9-10-21-14(12-20)11-13-5-1-4-8-17(13)21/h1-8,11H,9-10,12H2. The maximum Gasteiger partial charge on any atom is 0.257 e. The Bertz CT molecular complexity index is 868. The molecule has 110 valence electrons. The Morgan fingerprint density at radius 3 is 2.64 bits per heavy atom. The molecule has 0 spiro atoms. The molecule has 1 aromatic heterocycles. The summed E-state index contributed by atoms with van der Waals surface area (Å²) in [6.45, 7) is 1.85. The van der Waals surface area contributed by atoms with Crippen LogP contribution in [0.1, 0.15) is 16.1 Å². The summed E-state index contributed by atoms with van der Waals surface area (Å²) < 4.78 is 16.0. The summed E-state index contributed by atoms with van der Waals surface area (Å²) in [6.07, 6.45) is 0. The molecule has 22 heavy (non-hydrogen) atoms. The predicted molar refractivity (Wildman–Crippen MR) is 83.1 cm³/mol. The maximum absolute atomic E-state index is 13.8. The van der Waals surface area contributed by atoms with Crippen LogP contribution in [-0.2, 0) is 13.1 Å². The molecule has 1 aliphatic rings. The summed E-state index contributed by atoms with van der Waals surface area (Å²) in [5, 5.41) is 1.18. The van der Waals surface area contributed by atoms with Gasteiger partial charge in [0.1, 0.15) is 5.82 Å². The number of amides is 1. The van der Waals surface area contributed by atoms with Gasteiger partial charge in [-0.2, -0.15) is 0 Å². The molecule has 0 aliphatic carbocycles. The van der Waals surface area contributed by atoms with E-state index < -0.39 is 5.82 Å². The van der Waals surface area contributed by atoms with Crippen molar-refractivity contribution in [3.05, 3.63) is 71.7 Å². The van der Waals surface area contributed by atoms with Gasteiger partial charge in [-0.25, -0.2) is 4.39 Å². The normalized spacial score (nSPS) is 14.1. The highest BCUT2D eigenvalue weighted by Crippen LogP contribution is 2.25. The van der Waals surface area contributed by atoms with Gasteiger partial charge in [0.05, 0.1) is 12.1 Å². The highest BCUT2D eigenvalue weighted by atomic mass is 19.1. The first-order valence-electron chi connectivity index (χ1n) is 7.35. The van der Waals surface area contributed by atoms with Crippen molar-refractivity contribution in [1.29, 1.82) is 0 Å². The van der Waals surface area contributed by atoms with Crippen LogP contribution in [-0.4, -0.2) is 21.9 Å². The van der Waals surface area contributed by atoms with Gasteiger partial charge in [-0.05, 0) is 29.7 Å². The lowest BCUT2D eigenvalue weighted by atomic mass is 10.1. The maximum atomic E-state index is 13.8. The lowest BCUT2D eigenvalue weighted by Crippen LogP contribution is -2.38. The van der Waals surface area contributed by atoms with Crippen molar-refractivity contribution < 1.29 is 9.18 Å². The van der Waals surface area contributed by atoms with Gasteiger partial charge in [0.2, 0.25) is 0 Å². The summed E-state index contributed by atoms with van der Waals surface area (Å²) >= 11 is 0. The number of hydrogen-bond acceptors (Lipinski definition) is 1. The van der Waals surface area contributed by atoms with E-state index in [9.17, 15) is 9.18 Å². The molecule has 0 atom stereocenters. The number of rotatable bonds is 1. The number of hydrogen-bond donors (Lipinski definition) is 0. The van der Waals surface area contributed by atoms with E-state index in [4.69, 9.17) is 0 Å². The Balaban J connectivity index is 1.67. The molecule has 2 aromatic carbocycles. The van der Waals surface area contributed by atoms with Crippen molar-refractivity contribution >= 4 is 16.8 Å². The van der Waals surface area contributed by atoms with Gasteiger partial charge in [0, 0.05) is 24.3 Å². The molecule has 0 fully saturated rings.